The van der Waals surface area contributed by atoms with E-state index < -0.39 is 5.97 Å². The van der Waals surface area contributed by atoms with Gasteiger partial charge in [0, 0.05) is 16.7 Å². The summed E-state index contributed by atoms with van der Waals surface area (Å²) in [4.78, 5) is 17.5. The number of nitrogens with zero attached hydrogens (tertiary/aromatic N) is 1. The minimum Gasteiger partial charge on any atom is -0.494 e. The highest BCUT2D eigenvalue weighted by molar-refractivity contribution is 7.10. The average Bonchev–Trinajstić information content (AvgIpc) is 3.22. The topological polar surface area (TPSA) is 47.9 Å². The molecule has 0 aliphatic rings. The molecule has 2 aromatic carbocycles. The second-order valence-corrected chi connectivity index (χ2v) is 6.90. The third-order valence-corrected chi connectivity index (χ3v) is 4.70. The lowest BCUT2D eigenvalue weighted by molar-refractivity contribution is -0.128. The lowest BCUT2D eigenvalue weighted by Gasteiger charge is -2.05. The van der Waals surface area contributed by atoms with Crippen molar-refractivity contribution in [3.8, 4) is 11.5 Å². The summed E-state index contributed by atoms with van der Waals surface area (Å²) in [5.41, 5.74) is 2.69. The Balaban J connectivity index is 1.62. The Kier molecular flexibility index (Phi) is 6.76. The van der Waals surface area contributed by atoms with Crippen LogP contribution in [-0.4, -0.2) is 18.3 Å². The first-order valence-electron chi connectivity index (χ1n) is 8.96. The largest absolute Gasteiger partial charge is 0.494 e. The summed E-state index contributed by atoms with van der Waals surface area (Å²) in [6.45, 7) is 4.54. The number of hydrogen-bond donors (Lipinski definition) is 0. The van der Waals surface area contributed by atoms with Gasteiger partial charge in [0.1, 0.15) is 11.5 Å². The van der Waals surface area contributed by atoms with Gasteiger partial charge in [-0.3, -0.25) is 4.99 Å². The number of aliphatic imine (C=N–C) groups is 1. The molecule has 4 nitrogen and oxygen atoms in total. The molecule has 0 fully saturated rings. The van der Waals surface area contributed by atoms with Crippen molar-refractivity contribution < 1.29 is 14.3 Å². The molecule has 0 saturated heterocycles. The average molecular weight is 391 g/mol. The van der Waals surface area contributed by atoms with Crippen LogP contribution in [0, 0.1) is 0 Å². The fraction of sp³-hybridized carbons (Fsp3) is 0.130. The van der Waals surface area contributed by atoms with Crippen molar-refractivity contribution in [2.75, 3.05) is 6.61 Å². The third-order valence-electron chi connectivity index (χ3n) is 3.86. The van der Waals surface area contributed by atoms with Crippen LogP contribution in [0.1, 0.15) is 24.3 Å². The Morgan fingerprint density at radius 1 is 1.04 bits per heavy atom. The van der Waals surface area contributed by atoms with Gasteiger partial charge < -0.3 is 9.47 Å². The van der Waals surface area contributed by atoms with Crippen molar-refractivity contribution in [1.29, 1.82) is 0 Å². The van der Waals surface area contributed by atoms with E-state index in [9.17, 15) is 4.79 Å². The molecule has 0 unspecified atom stereocenters. The van der Waals surface area contributed by atoms with Crippen molar-refractivity contribution in [3.63, 3.8) is 0 Å². The Bertz CT molecular complexity index is 956. The Hall–Kier alpha value is -3.18. The van der Waals surface area contributed by atoms with Gasteiger partial charge in [-0.2, -0.15) is 0 Å². The number of hydrogen-bond acceptors (Lipinski definition) is 5. The second kappa shape index (κ2) is 9.67. The molecule has 3 rings (SSSR count). The summed E-state index contributed by atoms with van der Waals surface area (Å²) in [6, 6.07) is 18.8. The monoisotopic (exact) mass is 391 g/mol. The quantitative estimate of drug-likeness (QED) is 0.218. The molecule has 0 bridgehead atoms. The molecule has 5 heteroatoms. The minimum atomic E-state index is -0.402. The molecule has 0 aliphatic carbocycles. The van der Waals surface area contributed by atoms with E-state index in [-0.39, 0.29) is 0 Å². The molecule has 1 aromatic heterocycles. The van der Waals surface area contributed by atoms with Crippen LogP contribution in [0.25, 0.3) is 6.08 Å². The normalized spacial score (nSPS) is 11.6. The van der Waals surface area contributed by atoms with Gasteiger partial charge in [0.2, 0.25) is 0 Å². The van der Waals surface area contributed by atoms with Gasteiger partial charge in [-0.25, -0.2) is 4.79 Å². The highest BCUT2D eigenvalue weighted by atomic mass is 32.1. The number of benzene rings is 2. The third kappa shape index (κ3) is 5.66. The lowest BCUT2D eigenvalue weighted by Crippen LogP contribution is -2.04. The molecule has 3 aromatic rings. The zero-order chi connectivity index (χ0) is 19.8. The summed E-state index contributed by atoms with van der Waals surface area (Å²) in [5, 5.41) is 1.96. The van der Waals surface area contributed by atoms with Crippen LogP contribution in [0.15, 0.2) is 77.1 Å². The van der Waals surface area contributed by atoms with Gasteiger partial charge in [0.25, 0.3) is 0 Å². The van der Waals surface area contributed by atoms with Crippen molar-refractivity contribution >= 4 is 34.8 Å². The Morgan fingerprint density at radius 2 is 1.75 bits per heavy atom. The number of ether oxygens (including phenoxy) is 2. The Labute approximate surface area is 168 Å². The Morgan fingerprint density at radius 3 is 2.39 bits per heavy atom. The second-order valence-electron chi connectivity index (χ2n) is 5.92. The van der Waals surface area contributed by atoms with Crippen molar-refractivity contribution in [2.24, 2.45) is 4.99 Å². The van der Waals surface area contributed by atoms with Crippen molar-refractivity contribution in [3.05, 3.63) is 82.6 Å². The van der Waals surface area contributed by atoms with E-state index in [2.05, 4.69) is 4.99 Å². The lowest BCUT2D eigenvalue weighted by atomic mass is 10.1. The van der Waals surface area contributed by atoms with Gasteiger partial charge in [0.05, 0.1) is 12.3 Å². The first-order valence-corrected chi connectivity index (χ1v) is 9.84. The first-order chi connectivity index (χ1) is 13.6. The predicted octanol–water partition coefficient (Wildman–Crippen LogP) is 5.91. The maximum Gasteiger partial charge on any atom is 0.336 e. The molecule has 28 heavy (non-hydrogen) atoms. The van der Waals surface area contributed by atoms with E-state index >= 15 is 0 Å². The van der Waals surface area contributed by atoms with Crippen LogP contribution in [0.3, 0.4) is 0 Å². The van der Waals surface area contributed by atoms with Gasteiger partial charge >= 0.3 is 5.97 Å². The summed E-state index contributed by atoms with van der Waals surface area (Å²) >= 11 is 1.57. The van der Waals surface area contributed by atoms with Gasteiger partial charge in [-0.1, -0.05) is 6.07 Å². The van der Waals surface area contributed by atoms with Gasteiger partial charge in [-0.05, 0) is 85.5 Å². The molecule has 0 atom stereocenters. The summed E-state index contributed by atoms with van der Waals surface area (Å²) in [7, 11) is 0. The summed E-state index contributed by atoms with van der Waals surface area (Å²) < 4.78 is 10.8. The summed E-state index contributed by atoms with van der Waals surface area (Å²) in [5.74, 6) is 0.928. The zero-order valence-electron chi connectivity index (χ0n) is 15.8. The van der Waals surface area contributed by atoms with E-state index in [1.807, 2.05) is 67.8 Å². The SMILES string of the molecule is CCOc1ccc(N=C(C)c2ccc(OC(=O)/C=C/c3cccs3)cc2)cc1. The fourth-order valence-corrected chi connectivity index (χ4v) is 3.11. The van der Waals surface area contributed by atoms with Crippen LogP contribution < -0.4 is 9.47 Å². The van der Waals surface area contributed by atoms with Crippen molar-refractivity contribution in [2.45, 2.75) is 13.8 Å². The highest BCUT2D eigenvalue weighted by Gasteiger charge is 2.03. The van der Waals surface area contributed by atoms with E-state index in [4.69, 9.17) is 9.47 Å². The molecular formula is C23H21NO3S. The van der Waals surface area contributed by atoms with Crippen LogP contribution in [0.4, 0.5) is 5.69 Å². The van der Waals surface area contributed by atoms with E-state index in [0.717, 1.165) is 27.6 Å². The molecule has 0 aliphatic heterocycles. The maximum absolute atomic E-state index is 11.9. The highest BCUT2D eigenvalue weighted by Crippen LogP contribution is 2.20. The molecule has 0 radical (unpaired) electrons. The minimum absolute atomic E-state index is 0.402. The van der Waals surface area contributed by atoms with Crippen LogP contribution >= 0.6 is 11.3 Å². The number of rotatable bonds is 7. The molecule has 0 N–H and O–H groups in total. The smallest absolute Gasteiger partial charge is 0.336 e. The van der Waals surface area contributed by atoms with Crippen molar-refractivity contribution in [1.82, 2.24) is 0 Å². The zero-order valence-corrected chi connectivity index (χ0v) is 16.6. The number of thiophene rings is 1. The maximum atomic E-state index is 11.9. The predicted molar refractivity (Wildman–Crippen MR) is 115 cm³/mol. The van der Waals surface area contributed by atoms with Crippen LogP contribution in [-0.2, 0) is 4.79 Å². The molecule has 142 valence electrons. The molecule has 0 saturated carbocycles. The molecule has 0 spiro atoms. The summed E-state index contributed by atoms with van der Waals surface area (Å²) in [6.07, 6.45) is 3.17. The van der Waals surface area contributed by atoms with E-state index in [0.29, 0.717) is 12.4 Å². The van der Waals surface area contributed by atoms with E-state index in [1.165, 1.54) is 6.08 Å². The molecule has 0 amide bonds. The van der Waals surface area contributed by atoms with Gasteiger partial charge in [-0.15, -0.1) is 11.3 Å². The number of esters is 1. The molecular weight excluding hydrogens is 370 g/mol. The standard InChI is InChI=1S/C23H21NO3S/c1-3-26-20-12-8-19(9-13-20)24-17(2)18-6-10-21(11-7-18)27-23(25)15-14-22-5-4-16-28-22/h4-16H,3H2,1-2H3/b15-14+,24-17?. The van der Waals surface area contributed by atoms with E-state index in [1.54, 1.807) is 29.5 Å². The van der Waals surface area contributed by atoms with Gasteiger partial charge in [0.15, 0.2) is 0 Å². The van der Waals surface area contributed by atoms with Crippen LogP contribution in [0.2, 0.25) is 0 Å². The first kappa shape index (κ1) is 19.6. The fourth-order valence-electron chi connectivity index (χ4n) is 2.49. The number of carbonyl (C=O) groups is 1. The molecule has 1 heterocycles. The van der Waals surface area contributed by atoms with Crippen LogP contribution in [0.5, 0.6) is 11.5 Å². The number of carbonyl (C=O) groups excluding carboxylic acids is 1.